The smallest absolute Gasteiger partial charge is 0.233 e. The first-order valence-corrected chi connectivity index (χ1v) is 6.27. The van der Waals surface area contributed by atoms with Crippen LogP contribution >= 0.6 is 15.9 Å². The van der Waals surface area contributed by atoms with Gasteiger partial charge in [0.1, 0.15) is 0 Å². The van der Waals surface area contributed by atoms with Gasteiger partial charge >= 0.3 is 0 Å². The standard InChI is InChI=1S/C12H16BrNO/c1-2-14(12(15)10-13)9-8-11-6-4-3-5-7-11/h3-7H,2,8-10H2,1H3. The Morgan fingerprint density at radius 2 is 2.00 bits per heavy atom. The zero-order valence-electron chi connectivity index (χ0n) is 8.95. The first kappa shape index (κ1) is 12.2. The number of hydrogen-bond donors (Lipinski definition) is 0. The van der Waals surface area contributed by atoms with Crippen molar-refractivity contribution < 1.29 is 4.79 Å². The summed E-state index contributed by atoms with van der Waals surface area (Å²) in [5, 5.41) is 0.412. The normalized spacial score (nSPS) is 10.0. The molecule has 1 rings (SSSR count). The third-order valence-corrected chi connectivity index (χ3v) is 2.84. The highest BCUT2D eigenvalue weighted by Gasteiger charge is 2.08. The van der Waals surface area contributed by atoms with Crippen molar-refractivity contribution in [3.63, 3.8) is 0 Å². The number of carbonyl (C=O) groups is 1. The van der Waals surface area contributed by atoms with E-state index >= 15 is 0 Å². The second-order valence-corrected chi connectivity index (χ2v) is 3.90. The maximum absolute atomic E-state index is 11.4. The average Bonchev–Trinajstić information content (AvgIpc) is 2.31. The molecule has 0 saturated carbocycles. The molecule has 0 aliphatic carbocycles. The average molecular weight is 270 g/mol. The molecule has 0 fully saturated rings. The summed E-state index contributed by atoms with van der Waals surface area (Å²) in [6.45, 7) is 3.58. The summed E-state index contributed by atoms with van der Waals surface area (Å²) >= 11 is 3.19. The van der Waals surface area contributed by atoms with Crippen LogP contribution in [0.4, 0.5) is 0 Å². The lowest BCUT2D eigenvalue weighted by atomic mass is 10.1. The summed E-state index contributed by atoms with van der Waals surface area (Å²) in [5.41, 5.74) is 1.28. The molecule has 2 nitrogen and oxygen atoms in total. The summed E-state index contributed by atoms with van der Waals surface area (Å²) in [7, 11) is 0. The number of nitrogens with zero attached hydrogens (tertiary/aromatic N) is 1. The van der Waals surface area contributed by atoms with Gasteiger partial charge in [0, 0.05) is 13.1 Å². The van der Waals surface area contributed by atoms with E-state index in [0.29, 0.717) is 5.33 Å². The van der Waals surface area contributed by atoms with Crippen molar-refractivity contribution in [2.45, 2.75) is 13.3 Å². The maximum Gasteiger partial charge on any atom is 0.233 e. The minimum atomic E-state index is 0.161. The quantitative estimate of drug-likeness (QED) is 0.753. The zero-order valence-corrected chi connectivity index (χ0v) is 10.5. The first-order valence-electron chi connectivity index (χ1n) is 5.15. The second-order valence-electron chi connectivity index (χ2n) is 3.34. The third-order valence-electron chi connectivity index (χ3n) is 2.36. The van der Waals surface area contributed by atoms with Crippen LogP contribution in [0.25, 0.3) is 0 Å². The fourth-order valence-electron chi connectivity index (χ4n) is 1.45. The van der Waals surface area contributed by atoms with Gasteiger partial charge in [0.05, 0.1) is 5.33 Å². The van der Waals surface area contributed by atoms with Crippen LogP contribution in [0.2, 0.25) is 0 Å². The van der Waals surface area contributed by atoms with Crippen molar-refractivity contribution in [3.8, 4) is 0 Å². The van der Waals surface area contributed by atoms with Crippen molar-refractivity contribution in [2.24, 2.45) is 0 Å². The molecule has 0 spiro atoms. The maximum atomic E-state index is 11.4. The fraction of sp³-hybridized carbons (Fsp3) is 0.417. The Labute approximate surface area is 99.4 Å². The van der Waals surface area contributed by atoms with Crippen molar-refractivity contribution in [1.82, 2.24) is 4.90 Å². The van der Waals surface area contributed by atoms with Gasteiger partial charge in [-0.3, -0.25) is 4.79 Å². The van der Waals surface area contributed by atoms with E-state index in [1.54, 1.807) is 0 Å². The van der Waals surface area contributed by atoms with Crippen LogP contribution in [0.5, 0.6) is 0 Å². The third kappa shape index (κ3) is 4.04. The molecular weight excluding hydrogens is 254 g/mol. The van der Waals surface area contributed by atoms with E-state index in [1.807, 2.05) is 30.0 Å². The Hall–Kier alpha value is -0.830. The van der Waals surface area contributed by atoms with Crippen LogP contribution in [-0.4, -0.2) is 29.2 Å². The molecule has 3 heteroatoms. The molecule has 1 amide bonds. The molecule has 0 bridgehead atoms. The number of hydrogen-bond acceptors (Lipinski definition) is 1. The van der Waals surface area contributed by atoms with Gasteiger partial charge in [-0.15, -0.1) is 0 Å². The van der Waals surface area contributed by atoms with Gasteiger partial charge in [-0.2, -0.15) is 0 Å². The molecular formula is C12H16BrNO. The number of likely N-dealkylation sites (N-methyl/N-ethyl adjacent to an activating group) is 1. The number of rotatable bonds is 5. The Balaban J connectivity index is 2.44. The number of halogens is 1. The topological polar surface area (TPSA) is 20.3 Å². The molecule has 15 heavy (non-hydrogen) atoms. The molecule has 0 aliphatic rings. The van der Waals surface area contributed by atoms with Gasteiger partial charge in [0.2, 0.25) is 5.91 Å². The van der Waals surface area contributed by atoms with Crippen LogP contribution in [0, 0.1) is 0 Å². The lowest BCUT2D eigenvalue weighted by Gasteiger charge is -2.19. The van der Waals surface area contributed by atoms with E-state index in [0.717, 1.165) is 19.5 Å². The number of alkyl halides is 1. The van der Waals surface area contributed by atoms with Crippen molar-refractivity contribution in [1.29, 1.82) is 0 Å². The first-order chi connectivity index (χ1) is 7.27. The summed E-state index contributed by atoms with van der Waals surface area (Å²) in [6, 6.07) is 10.2. The molecule has 0 radical (unpaired) electrons. The number of benzene rings is 1. The van der Waals surface area contributed by atoms with Gasteiger partial charge in [0.25, 0.3) is 0 Å². The highest BCUT2D eigenvalue weighted by Crippen LogP contribution is 2.02. The van der Waals surface area contributed by atoms with Gasteiger partial charge in [-0.1, -0.05) is 46.3 Å². The highest BCUT2D eigenvalue weighted by molar-refractivity contribution is 9.09. The second kappa shape index (κ2) is 6.62. The minimum absolute atomic E-state index is 0.161. The van der Waals surface area contributed by atoms with Gasteiger partial charge in [0.15, 0.2) is 0 Å². The monoisotopic (exact) mass is 269 g/mol. The van der Waals surface area contributed by atoms with Crippen molar-refractivity contribution in [3.05, 3.63) is 35.9 Å². The molecule has 0 saturated heterocycles. The SMILES string of the molecule is CCN(CCc1ccccc1)C(=O)CBr. The molecule has 1 aromatic rings. The van der Waals surface area contributed by atoms with Crippen molar-refractivity contribution in [2.75, 3.05) is 18.4 Å². The summed E-state index contributed by atoms with van der Waals surface area (Å²) in [4.78, 5) is 13.3. The van der Waals surface area contributed by atoms with Crippen LogP contribution in [0.1, 0.15) is 12.5 Å². The van der Waals surface area contributed by atoms with Crippen molar-refractivity contribution >= 4 is 21.8 Å². The Morgan fingerprint density at radius 3 is 2.53 bits per heavy atom. The number of carbonyl (C=O) groups excluding carboxylic acids is 1. The molecule has 0 aromatic heterocycles. The van der Waals surface area contributed by atoms with Crippen LogP contribution in [0.3, 0.4) is 0 Å². The van der Waals surface area contributed by atoms with E-state index in [9.17, 15) is 4.79 Å². The highest BCUT2D eigenvalue weighted by atomic mass is 79.9. The van der Waals surface area contributed by atoms with Crippen LogP contribution < -0.4 is 0 Å². The molecule has 0 heterocycles. The van der Waals surface area contributed by atoms with E-state index in [4.69, 9.17) is 0 Å². The molecule has 1 aromatic carbocycles. The Kier molecular flexibility index (Phi) is 5.40. The van der Waals surface area contributed by atoms with E-state index in [1.165, 1.54) is 5.56 Å². The summed E-state index contributed by atoms with van der Waals surface area (Å²) < 4.78 is 0. The Morgan fingerprint density at radius 1 is 1.33 bits per heavy atom. The largest absolute Gasteiger partial charge is 0.342 e. The van der Waals surface area contributed by atoms with Gasteiger partial charge in [-0.05, 0) is 18.9 Å². The van der Waals surface area contributed by atoms with Gasteiger partial charge in [-0.25, -0.2) is 0 Å². The lowest BCUT2D eigenvalue weighted by molar-refractivity contribution is -0.128. The van der Waals surface area contributed by atoms with E-state index in [2.05, 4.69) is 28.1 Å². The molecule has 82 valence electrons. The zero-order chi connectivity index (χ0) is 11.1. The molecule has 0 aliphatic heterocycles. The lowest BCUT2D eigenvalue weighted by Crippen LogP contribution is -2.33. The van der Waals surface area contributed by atoms with Crippen LogP contribution in [0.15, 0.2) is 30.3 Å². The predicted octanol–water partition coefficient (Wildman–Crippen LogP) is 2.47. The molecule has 0 N–H and O–H groups in total. The molecule has 0 unspecified atom stereocenters. The van der Waals surface area contributed by atoms with Gasteiger partial charge < -0.3 is 4.90 Å². The van der Waals surface area contributed by atoms with E-state index in [-0.39, 0.29) is 5.91 Å². The summed E-state index contributed by atoms with van der Waals surface area (Å²) in [6.07, 6.45) is 0.924. The van der Waals surface area contributed by atoms with E-state index < -0.39 is 0 Å². The predicted molar refractivity (Wildman–Crippen MR) is 66.2 cm³/mol. The number of amides is 1. The summed E-state index contributed by atoms with van der Waals surface area (Å²) in [5.74, 6) is 0.161. The molecule has 0 atom stereocenters. The minimum Gasteiger partial charge on any atom is -0.342 e. The fourth-order valence-corrected chi connectivity index (χ4v) is 1.81. The van der Waals surface area contributed by atoms with Crippen LogP contribution in [-0.2, 0) is 11.2 Å². The Bertz CT molecular complexity index is 300.